The molecule has 1 aliphatic rings. The summed E-state index contributed by atoms with van der Waals surface area (Å²) in [5.74, 6) is -0.498. The molecule has 2 amide bonds. The molecule has 0 spiro atoms. The van der Waals surface area contributed by atoms with E-state index in [1.54, 1.807) is 25.1 Å². The van der Waals surface area contributed by atoms with Crippen LogP contribution in [0.4, 0.5) is 0 Å². The second kappa shape index (κ2) is 4.34. The lowest BCUT2D eigenvalue weighted by atomic mass is 10.1. The zero-order chi connectivity index (χ0) is 12.6. The number of hydrogen-bond donors (Lipinski definition) is 0. The monoisotopic (exact) mass is 249 g/mol. The molecule has 1 heterocycles. The summed E-state index contributed by atoms with van der Waals surface area (Å²) in [5, 5.41) is 0.595. The smallest absolute Gasteiger partial charge is 0.257 e. The van der Waals surface area contributed by atoms with E-state index in [4.69, 9.17) is 11.6 Å². The first kappa shape index (κ1) is 11.9. The van der Waals surface area contributed by atoms with Gasteiger partial charge in [-0.25, -0.2) is 0 Å². The molecule has 3 nitrogen and oxygen atoms in total. The second-order valence-corrected chi connectivity index (χ2v) is 4.51. The molecule has 0 saturated carbocycles. The summed E-state index contributed by atoms with van der Waals surface area (Å²) in [6, 6.07) is 6.88. The predicted octanol–water partition coefficient (Wildman–Crippen LogP) is 2.72. The lowest BCUT2D eigenvalue weighted by molar-refractivity contribution is -0.139. The van der Waals surface area contributed by atoms with Gasteiger partial charge in [0.1, 0.15) is 0 Å². The molecular weight excluding hydrogens is 238 g/mol. The van der Waals surface area contributed by atoms with Crippen molar-refractivity contribution in [2.24, 2.45) is 0 Å². The molecule has 0 aromatic heterocycles. The van der Waals surface area contributed by atoms with E-state index < -0.39 is 0 Å². The van der Waals surface area contributed by atoms with Gasteiger partial charge in [-0.1, -0.05) is 23.7 Å². The Hall–Kier alpha value is -1.61. The van der Waals surface area contributed by atoms with Gasteiger partial charge in [-0.15, -0.1) is 0 Å². The van der Waals surface area contributed by atoms with Gasteiger partial charge in [0.25, 0.3) is 11.8 Å². The summed E-state index contributed by atoms with van der Waals surface area (Å²) in [5.41, 5.74) is 1.33. The van der Waals surface area contributed by atoms with Crippen LogP contribution in [0.25, 0.3) is 0 Å². The fraction of sp³-hybridized carbons (Fsp3) is 0.231. The Morgan fingerprint density at radius 1 is 1.29 bits per heavy atom. The van der Waals surface area contributed by atoms with Crippen molar-refractivity contribution in [3.63, 3.8) is 0 Å². The third kappa shape index (κ3) is 2.11. The van der Waals surface area contributed by atoms with Crippen molar-refractivity contribution in [1.82, 2.24) is 4.90 Å². The van der Waals surface area contributed by atoms with E-state index in [2.05, 4.69) is 0 Å². The van der Waals surface area contributed by atoms with Gasteiger partial charge in [0.05, 0.1) is 6.04 Å². The number of benzene rings is 1. The Labute approximate surface area is 105 Å². The van der Waals surface area contributed by atoms with Crippen LogP contribution in [0.15, 0.2) is 35.9 Å². The van der Waals surface area contributed by atoms with Gasteiger partial charge in [0.2, 0.25) is 0 Å². The van der Waals surface area contributed by atoms with E-state index in [1.807, 2.05) is 13.0 Å². The Kier molecular flexibility index (Phi) is 3.03. The summed E-state index contributed by atoms with van der Waals surface area (Å²) in [7, 11) is 0. The standard InChI is InChI=1S/C13H12ClNO2/c1-8-6-12(16)15(13(8)17)9(2)10-4-3-5-11(14)7-10/h3-7,9H,1-2H3. The Balaban J connectivity index is 2.31. The molecular formula is C13H12ClNO2. The molecule has 0 aliphatic carbocycles. The van der Waals surface area contributed by atoms with Crippen molar-refractivity contribution >= 4 is 23.4 Å². The Bertz CT molecular complexity index is 522. The first-order valence-electron chi connectivity index (χ1n) is 5.32. The number of imide groups is 1. The molecule has 1 atom stereocenters. The molecule has 0 fully saturated rings. The van der Waals surface area contributed by atoms with E-state index in [-0.39, 0.29) is 17.9 Å². The molecule has 17 heavy (non-hydrogen) atoms. The fourth-order valence-electron chi connectivity index (χ4n) is 1.89. The van der Waals surface area contributed by atoms with Gasteiger partial charge < -0.3 is 0 Å². The molecule has 0 bridgehead atoms. The molecule has 1 aromatic rings. The van der Waals surface area contributed by atoms with Crippen LogP contribution in [-0.2, 0) is 9.59 Å². The first-order valence-corrected chi connectivity index (χ1v) is 5.70. The minimum absolute atomic E-state index is 0.234. The highest BCUT2D eigenvalue weighted by Crippen LogP contribution is 2.27. The highest BCUT2D eigenvalue weighted by atomic mass is 35.5. The number of hydrogen-bond acceptors (Lipinski definition) is 2. The summed E-state index contributed by atoms with van der Waals surface area (Å²) in [6.45, 7) is 3.46. The minimum Gasteiger partial charge on any atom is -0.269 e. The molecule has 4 heteroatoms. The van der Waals surface area contributed by atoms with Crippen molar-refractivity contribution in [2.45, 2.75) is 19.9 Å². The van der Waals surface area contributed by atoms with Crippen molar-refractivity contribution in [3.05, 3.63) is 46.5 Å². The largest absolute Gasteiger partial charge is 0.269 e. The average Bonchev–Trinajstić information content (AvgIpc) is 2.52. The summed E-state index contributed by atoms with van der Waals surface area (Å²) >= 11 is 5.90. The number of nitrogens with zero attached hydrogens (tertiary/aromatic N) is 1. The van der Waals surface area contributed by atoms with Gasteiger partial charge in [0, 0.05) is 16.7 Å². The van der Waals surface area contributed by atoms with E-state index in [0.29, 0.717) is 10.6 Å². The number of rotatable bonds is 2. The minimum atomic E-state index is -0.303. The van der Waals surface area contributed by atoms with Crippen LogP contribution in [-0.4, -0.2) is 16.7 Å². The van der Waals surface area contributed by atoms with Gasteiger partial charge in [-0.05, 0) is 31.5 Å². The van der Waals surface area contributed by atoms with E-state index in [9.17, 15) is 9.59 Å². The highest BCUT2D eigenvalue weighted by molar-refractivity contribution is 6.30. The predicted molar refractivity (Wildman–Crippen MR) is 65.5 cm³/mol. The van der Waals surface area contributed by atoms with Crippen molar-refractivity contribution in [2.75, 3.05) is 0 Å². The maximum Gasteiger partial charge on any atom is 0.257 e. The molecule has 0 saturated heterocycles. The lowest BCUT2D eigenvalue weighted by Crippen LogP contribution is -2.33. The van der Waals surface area contributed by atoms with Gasteiger partial charge in [-0.2, -0.15) is 0 Å². The van der Waals surface area contributed by atoms with Crippen LogP contribution >= 0.6 is 11.6 Å². The zero-order valence-corrected chi connectivity index (χ0v) is 10.4. The van der Waals surface area contributed by atoms with Crippen LogP contribution in [0.3, 0.4) is 0 Å². The SMILES string of the molecule is CC1=CC(=O)N(C(C)c2cccc(Cl)c2)C1=O. The van der Waals surface area contributed by atoms with Crippen molar-refractivity contribution < 1.29 is 9.59 Å². The maximum atomic E-state index is 11.8. The Morgan fingerprint density at radius 2 is 2.00 bits per heavy atom. The van der Waals surface area contributed by atoms with Crippen LogP contribution in [0, 0.1) is 0 Å². The summed E-state index contributed by atoms with van der Waals surface area (Å²) in [6.07, 6.45) is 1.36. The first-order chi connectivity index (χ1) is 8.00. The molecule has 1 unspecified atom stereocenters. The quantitative estimate of drug-likeness (QED) is 0.756. The van der Waals surface area contributed by atoms with Gasteiger partial charge >= 0.3 is 0 Å². The molecule has 2 rings (SSSR count). The van der Waals surface area contributed by atoms with Crippen LogP contribution in [0.2, 0.25) is 5.02 Å². The number of halogens is 1. The van der Waals surface area contributed by atoms with Gasteiger partial charge in [0.15, 0.2) is 0 Å². The number of carbonyl (C=O) groups is 2. The van der Waals surface area contributed by atoms with Crippen molar-refractivity contribution in [1.29, 1.82) is 0 Å². The highest BCUT2D eigenvalue weighted by Gasteiger charge is 2.32. The van der Waals surface area contributed by atoms with E-state index >= 15 is 0 Å². The maximum absolute atomic E-state index is 11.8. The van der Waals surface area contributed by atoms with Crippen LogP contribution in [0.5, 0.6) is 0 Å². The zero-order valence-electron chi connectivity index (χ0n) is 9.61. The summed E-state index contributed by atoms with van der Waals surface area (Å²) < 4.78 is 0. The second-order valence-electron chi connectivity index (χ2n) is 4.07. The van der Waals surface area contributed by atoms with Crippen LogP contribution in [0.1, 0.15) is 25.5 Å². The lowest BCUT2D eigenvalue weighted by Gasteiger charge is -2.23. The third-order valence-corrected chi connectivity index (χ3v) is 3.09. The molecule has 0 radical (unpaired) electrons. The van der Waals surface area contributed by atoms with E-state index in [1.165, 1.54) is 11.0 Å². The molecule has 0 N–H and O–H groups in total. The van der Waals surface area contributed by atoms with Crippen LogP contribution < -0.4 is 0 Å². The normalized spacial score (nSPS) is 17.4. The average molecular weight is 250 g/mol. The third-order valence-electron chi connectivity index (χ3n) is 2.85. The molecule has 1 aromatic carbocycles. The van der Waals surface area contributed by atoms with E-state index in [0.717, 1.165) is 5.56 Å². The topological polar surface area (TPSA) is 37.4 Å². The van der Waals surface area contributed by atoms with Crippen molar-refractivity contribution in [3.8, 4) is 0 Å². The molecule has 88 valence electrons. The summed E-state index contributed by atoms with van der Waals surface area (Å²) in [4.78, 5) is 24.8. The fourth-order valence-corrected chi connectivity index (χ4v) is 2.09. The number of carbonyl (C=O) groups excluding carboxylic acids is 2. The number of amides is 2. The van der Waals surface area contributed by atoms with Gasteiger partial charge in [-0.3, -0.25) is 14.5 Å². The molecule has 1 aliphatic heterocycles. The Morgan fingerprint density at radius 3 is 2.53 bits per heavy atom.